The third-order valence-electron chi connectivity index (χ3n) is 4.48. The fourth-order valence-electron chi connectivity index (χ4n) is 3.29. The fourth-order valence-corrected chi connectivity index (χ4v) is 3.29. The monoisotopic (exact) mass is 278 g/mol. The summed E-state index contributed by atoms with van der Waals surface area (Å²) >= 11 is 0. The van der Waals surface area contributed by atoms with E-state index in [9.17, 15) is 4.79 Å². The van der Waals surface area contributed by atoms with Crippen LogP contribution in [0.15, 0.2) is 42.5 Å². The van der Waals surface area contributed by atoms with E-state index in [1.54, 1.807) is 0 Å². The first-order valence-corrected chi connectivity index (χ1v) is 7.54. The van der Waals surface area contributed by atoms with Gasteiger partial charge in [-0.25, -0.2) is 0 Å². The maximum absolute atomic E-state index is 12.7. The molecule has 21 heavy (non-hydrogen) atoms. The molecular formula is C18H18N2O. The van der Waals surface area contributed by atoms with Gasteiger partial charge in [-0.15, -0.1) is 0 Å². The van der Waals surface area contributed by atoms with Gasteiger partial charge >= 0.3 is 0 Å². The van der Waals surface area contributed by atoms with Gasteiger partial charge in [-0.1, -0.05) is 24.3 Å². The van der Waals surface area contributed by atoms with E-state index in [2.05, 4.69) is 29.6 Å². The third kappa shape index (κ3) is 2.19. The molecule has 2 aliphatic heterocycles. The van der Waals surface area contributed by atoms with Crippen molar-refractivity contribution in [2.24, 2.45) is 0 Å². The standard InChI is InChI=1S/C18H18N2O/c21-18(15-5-6-17-14(11-15)7-9-19-17)20-10-8-13-3-1-2-4-16(13)12-20/h1-6,11,19H,7-10,12H2. The largest absolute Gasteiger partial charge is 0.384 e. The van der Waals surface area contributed by atoms with Gasteiger partial charge in [0.15, 0.2) is 0 Å². The van der Waals surface area contributed by atoms with Crippen molar-refractivity contribution in [2.75, 3.05) is 18.4 Å². The lowest BCUT2D eigenvalue weighted by Crippen LogP contribution is -2.35. The van der Waals surface area contributed by atoms with Gasteiger partial charge in [0.25, 0.3) is 5.91 Å². The van der Waals surface area contributed by atoms with E-state index in [0.29, 0.717) is 0 Å². The van der Waals surface area contributed by atoms with Crippen LogP contribution in [0.3, 0.4) is 0 Å². The van der Waals surface area contributed by atoms with Crippen molar-refractivity contribution in [1.82, 2.24) is 4.90 Å². The molecule has 0 fully saturated rings. The average Bonchev–Trinajstić information content (AvgIpc) is 3.01. The molecule has 0 saturated carbocycles. The van der Waals surface area contributed by atoms with E-state index in [0.717, 1.165) is 38.0 Å². The number of carbonyl (C=O) groups is 1. The SMILES string of the molecule is O=C(c1ccc2c(c1)CCN2)N1CCc2ccccc2C1. The molecule has 2 heterocycles. The quantitative estimate of drug-likeness (QED) is 0.870. The van der Waals surface area contributed by atoms with E-state index in [1.165, 1.54) is 22.4 Å². The first-order valence-electron chi connectivity index (χ1n) is 7.54. The van der Waals surface area contributed by atoms with Gasteiger partial charge in [-0.2, -0.15) is 0 Å². The summed E-state index contributed by atoms with van der Waals surface area (Å²) in [6.07, 6.45) is 1.97. The topological polar surface area (TPSA) is 32.3 Å². The van der Waals surface area contributed by atoms with Crippen LogP contribution in [0.5, 0.6) is 0 Å². The fraction of sp³-hybridized carbons (Fsp3) is 0.278. The Morgan fingerprint density at radius 2 is 1.86 bits per heavy atom. The minimum Gasteiger partial charge on any atom is -0.384 e. The summed E-state index contributed by atoms with van der Waals surface area (Å²) in [6, 6.07) is 14.4. The second-order valence-electron chi connectivity index (χ2n) is 5.79. The lowest BCUT2D eigenvalue weighted by molar-refractivity contribution is 0.0734. The molecule has 2 aromatic rings. The number of nitrogens with one attached hydrogen (secondary N) is 1. The zero-order chi connectivity index (χ0) is 14.2. The van der Waals surface area contributed by atoms with Gasteiger partial charge in [0.1, 0.15) is 0 Å². The normalized spacial score (nSPS) is 16.1. The van der Waals surface area contributed by atoms with Gasteiger partial charge in [-0.05, 0) is 47.7 Å². The van der Waals surface area contributed by atoms with Crippen molar-refractivity contribution < 1.29 is 4.79 Å². The molecule has 0 atom stereocenters. The summed E-state index contributed by atoms with van der Waals surface area (Å²) in [7, 11) is 0. The Bertz CT molecular complexity index is 708. The second kappa shape index (κ2) is 4.92. The first kappa shape index (κ1) is 12.5. The van der Waals surface area contributed by atoms with Crippen LogP contribution in [-0.4, -0.2) is 23.9 Å². The average molecular weight is 278 g/mol. The molecule has 1 N–H and O–H groups in total. The number of carbonyl (C=O) groups excluding carboxylic acids is 1. The highest BCUT2D eigenvalue weighted by Crippen LogP contribution is 2.25. The Labute approximate surface area is 124 Å². The number of amides is 1. The molecule has 0 bridgehead atoms. The lowest BCUT2D eigenvalue weighted by Gasteiger charge is -2.29. The molecule has 0 spiro atoms. The van der Waals surface area contributed by atoms with E-state index >= 15 is 0 Å². The van der Waals surface area contributed by atoms with Gasteiger partial charge in [-0.3, -0.25) is 4.79 Å². The van der Waals surface area contributed by atoms with Crippen LogP contribution in [-0.2, 0) is 19.4 Å². The van der Waals surface area contributed by atoms with Crippen molar-refractivity contribution in [1.29, 1.82) is 0 Å². The molecule has 0 radical (unpaired) electrons. The lowest BCUT2D eigenvalue weighted by atomic mass is 9.99. The number of anilines is 1. The van der Waals surface area contributed by atoms with E-state index in [-0.39, 0.29) is 5.91 Å². The summed E-state index contributed by atoms with van der Waals surface area (Å²) in [5.41, 5.74) is 5.91. The minimum absolute atomic E-state index is 0.152. The van der Waals surface area contributed by atoms with Crippen molar-refractivity contribution in [3.05, 3.63) is 64.7 Å². The van der Waals surface area contributed by atoms with Gasteiger partial charge in [0.2, 0.25) is 0 Å². The van der Waals surface area contributed by atoms with Crippen molar-refractivity contribution in [2.45, 2.75) is 19.4 Å². The Hall–Kier alpha value is -2.29. The maximum atomic E-state index is 12.7. The Morgan fingerprint density at radius 1 is 1.00 bits per heavy atom. The van der Waals surface area contributed by atoms with Gasteiger partial charge < -0.3 is 10.2 Å². The van der Waals surface area contributed by atoms with Crippen LogP contribution in [0.2, 0.25) is 0 Å². The minimum atomic E-state index is 0.152. The van der Waals surface area contributed by atoms with Crippen molar-refractivity contribution >= 4 is 11.6 Å². The number of rotatable bonds is 1. The predicted molar refractivity (Wildman–Crippen MR) is 83.5 cm³/mol. The van der Waals surface area contributed by atoms with Crippen LogP contribution in [0.4, 0.5) is 5.69 Å². The zero-order valence-corrected chi connectivity index (χ0v) is 11.9. The molecule has 0 aliphatic carbocycles. The highest BCUT2D eigenvalue weighted by Gasteiger charge is 2.22. The number of hydrogen-bond donors (Lipinski definition) is 1. The van der Waals surface area contributed by atoms with E-state index < -0.39 is 0 Å². The first-order chi connectivity index (χ1) is 10.3. The zero-order valence-electron chi connectivity index (χ0n) is 11.9. The Morgan fingerprint density at radius 3 is 2.76 bits per heavy atom. The molecule has 2 aromatic carbocycles. The summed E-state index contributed by atoms with van der Waals surface area (Å²) in [4.78, 5) is 14.7. The Kier molecular flexibility index (Phi) is 2.92. The summed E-state index contributed by atoms with van der Waals surface area (Å²) < 4.78 is 0. The smallest absolute Gasteiger partial charge is 0.254 e. The third-order valence-corrected chi connectivity index (χ3v) is 4.48. The molecule has 3 heteroatoms. The molecule has 3 nitrogen and oxygen atoms in total. The molecular weight excluding hydrogens is 260 g/mol. The van der Waals surface area contributed by atoms with Crippen LogP contribution in [0.25, 0.3) is 0 Å². The summed E-state index contributed by atoms with van der Waals surface area (Å²) in [5, 5.41) is 3.33. The predicted octanol–water partition coefficient (Wildman–Crippen LogP) is 2.85. The van der Waals surface area contributed by atoms with Crippen LogP contribution >= 0.6 is 0 Å². The van der Waals surface area contributed by atoms with Crippen LogP contribution in [0.1, 0.15) is 27.0 Å². The molecule has 106 valence electrons. The number of benzene rings is 2. The molecule has 1 amide bonds. The van der Waals surface area contributed by atoms with E-state index in [4.69, 9.17) is 0 Å². The van der Waals surface area contributed by atoms with Gasteiger partial charge in [0.05, 0.1) is 0 Å². The maximum Gasteiger partial charge on any atom is 0.254 e. The molecule has 2 aliphatic rings. The number of hydrogen-bond acceptors (Lipinski definition) is 2. The summed E-state index contributed by atoms with van der Waals surface area (Å²) in [6.45, 7) is 2.51. The van der Waals surface area contributed by atoms with Crippen molar-refractivity contribution in [3.63, 3.8) is 0 Å². The summed E-state index contributed by atoms with van der Waals surface area (Å²) in [5.74, 6) is 0.152. The van der Waals surface area contributed by atoms with Crippen LogP contribution in [0, 0.1) is 0 Å². The van der Waals surface area contributed by atoms with Crippen LogP contribution < -0.4 is 5.32 Å². The molecule has 0 saturated heterocycles. The van der Waals surface area contributed by atoms with Crippen molar-refractivity contribution in [3.8, 4) is 0 Å². The van der Waals surface area contributed by atoms with E-state index in [1.807, 2.05) is 23.1 Å². The second-order valence-corrected chi connectivity index (χ2v) is 5.79. The highest BCUT2D eigenvalue weighted by atomic mass is 16.2. The Balaban J connectivity index is 1.59. The molecule has 4 rings (SSSR count). The molecule has 0 aromatic heterocycles. The highest BCUT2D eigenvalue weighted by molar-refractivity contribution is 5.95. The number of nitrogens with zero attached hydrogens (tertiary/aromatic N) is 1. The van der Waals surface area contributed by atoms with Gasteiger partial charge in [0, 0.05) is 30.9 Å². The molecule has 0 unspecified atom stereocenters. The number of fused-ring (bicyclic) bond motifs is 2.